The standard InChI is InChI=1S/C15H19N5O/c1-20(15-12-2-3-16-14(12)18-8-19-15)11-4-9-6-13(21)17-7-10(9)5-11/h2-3,8-11H,4-7H2,1H3,(H,17,21)(H,16,18,19)/t9?,10-,11?/m0/s1. The summed E-state index contributed by atoms with van der Waals surface area (Å²) in [5, 5.41) is 4.05. The first-order chi connectivity index (χ1) is 10.2. The fourth-order valence-electron chi connectivity index (χ4n) is 3.86. The molecule has 1 aliphatic heterocycles. The monoisotopic (exact) mass is 285 g/mol. The number of hydrogen-bond acceptors (Lipinski definition) is 4. The fraction of sp³-hybridized carbons (Fsp3) is 0.533. The maximum absolute atomic E-state index is 11.5. The number of aromatic nitrogens is 3. The van der Waals surface area contributed by atoms with E-state index in [0.717, 1.165) is 36.2 Å². The zero-order valence-corrected chi connectivity index (χ0v) is 12.0. The average Bonchev–Trinajstić information content (AvgIpc) is 3.11. The number of nitrogens with one attached hydrogen (secondary N) is 2. The predicted molar refractivity (Wildman–Crippen MR) is 79.9 cm³/mol. The van der Waals surface area contributed by atoms with Crippen LogP contribution in [0.5, 0.6) is 0 Å². The van der Waals surface area contributed by atoms with E-state index in [1.165, 1.54) is 0 Å². The second-order valence-electron chi connectivity index (χ2n) is 6.20. The summed E-state index contributed by atoms with van der Waals surface area (Å²) in [6.45, 7) is 0.831. The molecule has 2 N–H and O–H groups in total. The van der Waals surface area contributed by atoms with Crippen LogP contribution in [0, 0.1) is 11.8 Å². The minimum Gasteiger partial charge on any atom is -0.356 e. The first kappa shape index (κ1) is 12.6. The van der Waals surface area contributed by atoms with E-state index >= 15 is 0 Å². The fourth-order valence-corrected chi connectivity index (χ4v) is 3.86. The van der Waals surface area contributed by atoms with Gasteiger partial charge < -0.3 is 15.2 Å². The van der Waals surface area contributed by atoms with Crippen LogP contribution in [0.1, 0.15) is 19.3 Å². The summed E-state index contributed by atoms with van der Waals surface area (Å²) in [5.41, 5.74) is 0.874. The Morgan fingerprint density at radius 1 is 1.29 bits per heavy atom. The molecule has 3 heterocycles. The Hall–Kier alpha value is -2.11. The number of fused-ring (bicyclic) bond motifs is 2. The van der Waals surface area contributed by atoms with Crippen molar-refractivity contribution in [3.63, 3.8) is 0 Å². The average molecular weight is 285 g/mol. The van der Waals surface area contributed by atoms with Crippen LogP contribution in [0.2, 0.25) is 0 Å². The van der Waals surface area contributed by atoms with Crippen LogP contribution in [0.15, 0.2) is 18.6 Å². The molecule has 21 heavy (non-hydrogen) atoms. The molecule has 1 saturated carbocycles. The van der Waals surface area contributed by atoms with E-state index in [1.807, 2.05) is 12.3 Å². The molecule has 3 atom stereocenters. The number of H-pyrrole nitrogens is 1. The van der Waals surface area contributed by atoms with Crippen molar-refractivity contribution in [2.45, 2.75) is 25.3 Å². The van der Waals surface area contributed by atoms with Crippen molar-refractivity contribution >= 4 is 22.8 Å². The van der Waals surface area contributed by atoms with Crippen molar-refractivity contribution in [2.24, 2.45) is 11.8 Å². The van der Waals surface area contributed by atoms with Crippen LogP contribution >= 0.6 is 0 Å². The Morgan fingerprint density at radius 2 is 2.14 bits per heavy atom. The Balaban J connectivity index is 1.59. The highest BCUT2D eigenvalue weighted by Crippen LogP contribution is 2.39. The van der Waals surface area contributed by atoms with Gasteiger partial charge in [0.25, 0.3) is 0 Å². The number of nitrogens with zero attached hydrogens (tertiary/aromatic N) is 3. The molecule has 2 aliphatic rings. The van der Waals surface area contributed by atoms with Gasteiger partial charge in [0, 0.05) is 32.3 Å². The number of anilines is 1. The predicted octanol–water partition coefficient (Wildman–Crippen LogP) is 1.31. The van der Waals surface area contributed by atoms with Crippen molar-refractivity contribution in [3.05, 3.63) is 18.6 Å². The highest BCUT2D eigenvalue weighted by molar-refractivity contribution is 5.87. The van der Waals surface area contributed by atoms with E-state index in [4.69, 9.17) is 0 Å². The van der Waals surface area contributed by atoms with Gasteiger partial charge in [0.15, 0.2) is 0 Å². The molecule has 110 valence electrons. The lowest BCUT2D eigenvalue weighted by molar-refractivity contribution is -0.124. The summed E-state index contributed by atoms with van der Waals surface area (Å²) in [6.07, 6.45) is 6.38. The van der Waals surface area contributed by atoms with E-state index in [9.17, 15) is 4.79 Å². The van der Waals surface area contributed by atoms with Crippen LogP contribution in [0.25, 0.3) is 11.0 Å². The third-order valence-corrected chi connectivity index (χ3v) is 5.04. The van der Waals surface area contributed by atoms with Crippen molar-refractivity contribution < 1.29 is 4.79 Å². The third kappa shape index (κ3) is 2.05. The highest BCUT2D eigenvalue weighted by atomic mass is 16.1. The highest BCUT2D eigenvalue weighted by Gasteiger charge is 2.40. The largest absolute Gasteiger partial charge is 0.356 e. The second kappa shape index (κ2) is 4.72. The zero-order chi connectivity index (χ0) is 14.4. The molecule has 4 rings (SSSR count). The smallest absolute Gasteiger partial charge is 0.220 e. The van der Waals surface area contributed by atoms with Gasteiger partial charge in [0.1, 0.15) is 17.8 Å². The maximum atomic E-state index is 11.5. The summed E-state index contributed by atoms with van der Waals surface area (Å²) in [7, 11) is 2.10. The van der Waals surface area contributed by atoms with Gasteiger partial charge >= 0.3 is 0 Å². The second-order valence-corrected chi connectivity index (χ2v) is 6.20. The van der Waals surface area contributed by atoms with Crippen LogP contribution < -0.4 is 10.2 Å². The third-order valence-electron chi connectivity index (χ3n) is 5.04. The van der Waals surface area contributed by atoms with E-state index in [-0.39, 0.29) is 5.91 Å². The first-order valence-electron chi connectivity index (χ1n) is 7.50. The molecule has 6 nitrogen and oxygen atoms in total. The molecule has 0 bridgehead atoms. The Kier molecular flexibility index (Phi) is 2.83. The Morgan fingerprint density at radius 3 is 3.05 bits per heavy atom. The minimum atomic E-state index is 0.203. The van der Waals surface area contributed by atoms with Gasteiger partial charge in [0.2, 0.25) is 5.91 Å². The van der Waals surface area contributed by atoms with Crippen molar-refractivity contribution in [3.8, 4) is 0 Å². The number of amides is 1. The molecule has 2 unspecified atom stereocenters. The molecule has 2 aromatic rings. The first-order valence-corrected chi connectivity index (χ1v) is 7.50. The van der Waals surface area contributed by atoms with Crippen LogP contribution in [0.4, 0.5) is 5.82 Å². The van der Waals surface area contributed by atoms with Crippen LogP contribution in [-0.2, 0) is 4.79 Å². The van der Waals surface area contributed by atoms with Crippen molar-refractivity contribution in [1.82, 2.24) is 20.3 Å². The molecular formula is C15H19N5O. The van der Waals surface area contributed by atoms with Gasteiger partial charge in [-0.1, -0.05) is 0 Å². The van der Waals surface area contributed by atoms with Gasteiger partial charge in [-0.15, -0.1) is 0 Å². The molecular weight excluding hydrogens is 266 g/mol. The number of rotatable bonds is 2. The van der Waals surface area contributed by atoms with Gasteiger partial charge in [-0.3, -0.25) is 4.79 Å². The summed E-state index contributed by atoms with van der Waals surface area (Å²) in [5.74, 6) is 2.31. The van der Waals surface area contributed by atoms with Crippen LogP contribution in [-0.4, -0.2) is 40.5 Å². The van der Waals surface area contributed by atoms with Gasteiger partial charge in [-0.25, -0.2) is 9.97 Å². The molecule has 2 fully saturated rings. The molecule has 2 aromatic heterocycles. The molecule has 1 aliphatic carbocycles. The molecule has 0 aromatic carbocycles. The summed E-state index contributed by atoms with van der Waals surface area (Å²) >= 11 is 0. The molecule has 0 spiro atoms. The Bertz CT molecular complexity index is 682. The molecule has 0 radical (unpaired) electrons. The van der Waals surface area contributed by atoms with Gasteiger partial charge in [-0.05, 0) is 30.7 Å². The summed E-state index contributed by atoms with van der Waals surface area (Å²) in [4.78, 5) is 25.6. The van der Waals surface area contributed by atoms with Crippen molar-refractivity contribution in [2.75, 3.05) is 18.5 Å². The van der Waals surface area contributed by atoms with Crippen molar-refractivity contribution in [1.29, 1.82) is 0 Å². The van der Waals surface area contributed by atoms with Gasteiger partial charge in [0.05, 0.1) is 5.39 Å². The molecule has 1 saturated heterocycles. The molecule has 1 amide bonds. The lowest BCUT2D eigenvalue weighted by Gasteiger charge is -2.26. The SMILES string of the molecule is CN(c1ncnc2[nH]ccc12)C1CC2CC(=O)NC[C@@H]2C1. The maximum Gasteiger partial charge on any atom is 0.220 e. The zero-order valence-electron chi connectivity index (χ0n) is 12.0. The minimum absolute atomic E-state index is 0.203. The van der Waals surface area contributed by atoms with E-state index in [1.54, 1.807) is 6.33 Å². The summed E-state index contributed by atoms with van der Waals surface area (Å²) < 4.78 is 0. The Labute approximate surface area is 123 Å². The number of carbonyl (C=O) groups excluding carboxylic acids is 1. The topological polar surface area (TPSA) is 73.9 Å². The number of aromatic amines is 1. The quantitative estimate of drug-likeness (QED) is 0.872. The van der Waals surface area contributed by atoms with Gasteiger partial charge in [-0.2, -0.15) is 0 Å². The number of piperidine rings is 1. The lowest BCUT2D eigenvalue weighted by atomic mass is 9.89. The van der Waals surface area contributed by atoms with E-state index < -0.39 is 0 Å². The summed E-state index contributed by atoms with van der Waals surface area (Å²) in [6, 6.07) is 2.47. The van der Waals surface area contributed by atoms with E-state index in [0.29, 0.717) is 24.3 Å². The van der Waals surface area contributed by atoms with E-state index in [2.05, 4.69) is 32.2 Å². The lowest BCUT2D eigenvalue weighted by Crippen LogP contribution is -2.38. The number of carbonyl (C=O) groups is 1. The van der Waals surface area contributed by atoms with Crippen LogP contribution in [0.3, 0.4) is 0 Å². The molecule has 6 heteroatoms. The number of hydrogen-bond donors (Lipinski definition) is 2. The normalized spacial score (nSPS) is 28.4.